The minimum atomic E-state index is -0.626. The number of aromatic hydroxyl groups is 1. The highest BCUT2D eigenvalue weighted by Gasteiger charge is 2.11. The zero-order valence-electron chi connectivity index (χ0n) is 10.4. The molecule has 0 heterocycles. The molecule has 94 valence electrons. The van der Waals surface area contributed by atoms with Crippen molar-refractivity contribution < 1.29 is 14.6 Å². The van der Waals surface area contributed by atoms with E-state index < -0.39 is 5.97 Å². The SMILES string of the molecule is CC(C)COC(=O)/C(C#N)=C/c1ccc(O)cc1. The van der Waals surface area contributed by atoms with Gasteiger partial charge in [0.15, 0.2) is 0 Å². The maximum Gasteiger partial charge on any atom is 0.348 e. The number of nitriles is 1. The molecule has 0 aliphatic rings. The van der Waals surface area contributed by atoms with Gasteiger partial charge in [0.1, 0.15) is 17.4 Å². The van der Waals surface area contributed by atoms with E-state index >= 15 is 0 Å². The molecule has 0 bridgehead atoms. The van der Waals surface area contributed by atoms with Crippen LogP contribution in [0.2, 0.25) is 0 Å². The highest BCUT2D eigenvalue weighted by molar-refractivity contribution is 5.97. The van der Waals surface area contributed by atoms with Crippen LogP contribution in [-0.2, 0) is 9.53 Å². The summed E-state index contributed by atoms with van der Waals surface area (Å²) in [7, 11) is 0. The molecule has 0 aliphatic heterocycles. The van der Waals surface area contributed by atoms with Crippen LogP contribution < -0.4 is 0 Å². The third-order valence-corrected chi connectivity index (χ3v) is 2.09. The molecule has 1 N–H and O–H groups in total. The maximum atomic E-state index is 11.6. The Morgan fingerprint density at radius 3 is 2.56 bits per heavy atom. The standard InChI is InChI=1S/C14H15NO3/c1-10(2)9-18-14(17)12(8-15)7-11-3-5-13(16)6-4-11/h3-7,10,16H,9H2,1-2H3/b12-7+. The van der Waals surface area contributed by atoms with Crippen LogP contribution in [0.1, 0.15) is 19.4 Å². The fourth-order valence-corrected chi connectivity index (χ4v) is 1.19. The van der Waals surface area contributed by atoms with E-state index in [-0.39, 0.29) is 23.8 Å². The van der Waals surface area contributed by atoms with E-state index in [0.29, 0.717) is 5.56 Å². The van der Waals surface area contributed by atoms with Crippen molar-refractivity contribution in [1.29, 1.82) is 5.26 Å². The Bertz CT molecular complexity index is 481. The number of phenolic OH excluding ortho intramolecular Hbond substituents is 1. The lowest BCUT2D eigenvalue weighted by Crippen LogP contribution is -2.11. The first-order chi connectivity index (χ1) is 8.52. The highest BCUT2D eigenvalue weighted by Crippen LogP contribution is 2.13. The largest absolute Gasteiger partial charge is 0.508 e. The average Bonchev–Trinajstić information content (AvgIpc) is 2.35. The Balaban J connectivity index is 2.80. The van der Waals surface area contributed by atoms with Gasteiger partial charge in [0.05, 0.1) is 6.61 Å². The van der Waals surface area contributed by atoms with Crippen LogP contribution >= 0.6 is 0 Å². The zero-order valence-corrected chi connectivity index (χ0v) is 10.4. The molecule has 18 heavy (non-hydrogen) atoms. The molecule has 0 saturated carbocycles. The van der Waals surface area contributed by atoms with Crippen molar-refractivity contribution in [3.05, 3.63) is 35.4 Å². The van der Waals surface area contributed by atoms with Gasteiger partial charge in [0.2, 0.25) is 0 Å². The average molecular weight is 245 g/mol. The molecule has 0 fully saturated rings. The van der Waals surface area contributed by atoms with Gasteiger partial charge in [0.25, 0.3) is 0 Å². The van der Waals surface area contributed by atoms with Crippen molar-refractivity contribution in [2.24, 2.45) is 5.92 Å². The van der Waals surface area contributed by atoms with E-state index in [4.69, 9.17) is 15.1 Å². The second kappa shape index (κ2) is 6.45. The van der Waals surface area contributed by atoms with Crippen LogP contribution in [0, 0.1) is 17.2 Å². The van der Waals surface area contributed by atoms with Crippen LogP contribution in [0.3, 0.4) is 0 Å². The fourth-order valence-electron chi connectivity index (χ4n) is 1.19. The number of rotatable bonds is 4. The number of phenols is 1. The van der Waals surface area contributed by atoms with Gasteiger partial charge < -0.3 is 9.84 Å². The molecule has 4 heteroatoms. The molecule has 4 nitrogen and oxygen atoms in total. The molecule has 0 spiro atoms. The lowest BCUT2D eigenvalue weighted by atomic mass is 10.1. The quantitative estimate of drug-likeness (QED) is 0.502. The number of hydrogen-bond acceptors (Lipinski definition) is 4. The number of nitrogens with zero attached hydrogens (tertiary/aromatic N) is 1. The molecule has 0 radical (unpaired) electrons. The number of benzene rings is 1. The summed E-state index contributed by atoms with van der Waals surface area (Å²) in [4.78, 5) is 11.6. The summed E-state index contributed by atoms with van der Waals surface area (Å²) in [5.74, 6) is -0.269. The van der Waals surface area contributed by atoms with Gasteiger partial charge in [-0.3, -0.25) is 0 Å². The number of ether oxygens (including phenoxy) is 1. The van der Waals surface area contributed by atoms with Gasteiger partial charge in [-0.15, -0.1) is 0 Å². The van der Waals surface area contributed by atoms with E-state index in [2.05, 4.69) is 0 Å². The third kappa shape index (κ3) is 4.30. The van der Waals surface area contributed by atoms with Crippen molar-refractivity contribution in [1.82, 2.24) is 0 Å². The Hall–Kier alpha value is -2.28. The number of hydrogen-bond donors (Lipinski definition) is 1. The van der Waals surface area contributed by atoms with Crippen LogP contribution in [0.25, 0.3) is 6.08 Å². The number of esters is 1. The molecule has 0 unspecified atom stereocenters. The normalized spacial score (nSPS) is 11.1. The lowest BCUT2D eigenvalue weighted by Gasteiger charge is -2.06. The molecule has 0 amide bonds. The maximum absolute atomic E-state index is 11.6. The summed E-state index contributed by atoms with van der Waals surface area (Å²) in [6.07, 6.45) is 1.43. The van der Waals surface area contributed by atoms with E-state index in [1.165, 1.54) is 18.2 Å². The summed E-state index contributed by atoms with van der Waals surface area (Å²) in [6, 6.07) is 8.01. The second-order valence-electron chi connectivity index (χ2n) is 4.25. The van der Waals surface area contributed by atoms with Crippen molar-refractivity contribution >= 4 is 12.0 Å². The number of carbonyl (C=O) groups is 1. The van der Waals surface area contributed by atoms with Crippen molar-refractivity contribution in [2.75, 3.05) is 6.61 Å². The molecule has 0 aliphatic carbocycles. The molecular formula is C14H15NO3. The molecule has 0 aromatic heterocycles. The Kier molecular flexibility index (Phi) is 4.94. The van der Waals surface area contributed by atoms with Crippen LogP contribution in [-0.4, -0.2) is 17.7 Å². The smallest absolute Gasteiger partial charge is 0.348 e. The molecule has 1 rings (SSSR count). The molecule has 0 saturated heterocycles. The van der Waals surface area contributed by atoms with Crippen LogP contribution in [0.15, 0.2) is 29.8 Å². The first kappa shape index (κ1) is 13.8. The van der Waals surface area contributed by atoms with E-state index in [1.807, 2.05) is 19.9 Å². The predicted molar refractivity (Wildman–Crippen MR) is 67.5 cm³/mol. The summed E-state index contributed by atoms with van der Waals surface area (Å²) in [5.41, 5.74) is 0.604. The zero-order chi connectivity index (χ0) is 13.5. The molecule has 1 aromatic carbocycles. The molecule has 1 aromatic rings. The van der Waals surface area contributed by atoms with Gasteiger partial charge >= 0.3 is 5.97 Å². The van der Waals surface area contributed by atoms with Gasteiger partial charge in [-0.2, -0.15) is 5.26 Å². The van der Waals surface area contributed by atoms with Crippen LogP contribution in [0.4, 0.5) is 0 Å². The summed E-state index contributed by atoms with van der Waals surface area (Å²) >= 11 is 0. The predicted octanol–water partition coefficient (Wildman–Crippen LogP) is 2.50. The van der Waals surface area contributed by atoms with E-state index in [0.717, 1.165) is 0 Å². The fraction of sp³-hybridized carbons (Fsp3) is 0.286. The van der Waals surface area contributed by atoms with Gasteiger partial charge in [-0.1, -0.05) is 26.0 Å². The third-order valence-electron chi connectivity index (χ3n) is 2.09. The summed E-state index contributed by atoms with van der Waals surface area (Å²) in [6.45, 7) is 4.12. The highest BCUT2D eigenvalue weighted by atomic mass is 16.5. The molecule has 0 atom stereocenters. The number of carbonyl (C=O) groups excluding carboxylic acids is 1. The van der Waals surface area contributed by atoms with Crippen LogP contribution in [0.5, 0.6) is 5.75 Å². The first-order valence-corrected chi connectivity index (χ1v) is 5.61. The van der Waals surface area contributed by atoms with E-state index in [9.17, 15) is 4.79 Å². The lowest BCUT2D eigenvalue weighted by molar-refractivity contribution is -0.139. The molecular weight excluding hydrogens is 230 g/mol. The topological polar surface area (TPSA) is 70.3 Å². The second-order valence-corrected chi connectivity index (χ2v) is 4.25. The summed E-state index contributed by atoms with van der Waals surface area (Å²) in [5, 5.41) is 18.0. The van der Waals surface area contributed by atoms with Gasteiger partial charge in [0, 0.05) is 0 Å². The van der Waals surface area contributed by atoms with E-state index in [1.54, 1.807) is 12.1 Å². The Labute approximate surface area is 106 Å². The monoisotopic (exact) mass is 245 g/mol. The van der Waals surface area contributed by atoms with Gasteiger partial charge in [-0.25, -0.2) is 4.79 Å². The van der Waals surface area contributed by atoms with Crippen molar-refractivity contribution in [3.63, 3.8) is 0 Å². The van der Waals surface area contributed by atoms with Crippen molar-refractivity contribution in [3.8, 4) is 11.8 Å². The minimum Gasteiger partial charge on any atom is -0.508 e. The Morgan fingerprint density at radius 1 is 1.44 bits per heavy atom. The van der Waals surface area contributed by atoms with Crippen molar-refractivity contribution in [2.45, 2.75) is 13.8 Å². The minimum absolute atomic E-state index is 0.0543. The Morgan fingerprint density at radius 2 is 2.06 bits per heavy atom. The summed E-state index contributed by atoms with van der Waals surface area (Å²) < 4.78 is 4.97. The van der Waals surface area contributed by atoms with Gasteiger partial charge in [-0.05, 0) is 29.7 Å². The first-order valence-electron chi connectivity index (χ1n) is 5.61.